The van der Waals surface area contributed by atoms with Gasteiger partial charge in [-0.05, 0) is 36.4 Å². The van der Waals surface area contributed by atoms with Gasteiger partial charge in [-0.25, -0.2) is 0 Å². The number of rotatable bonds is 4. The summed E-state index contributed by atoms with van der Waals surface area (Å²) in [5, 5.41) is 6.33. The molecule has 0 radical (unpaired) electrons. The number of H-pyrrole nitrogens is 1. The van der Waals surface area contributed by atoms with E-state index in [2.05, 4.69) is 15.6 Å². The molecule has 0 spiro atoms. The van der Waals surface area contributed by atoms with Gasteiger partial charge in [-0.15, -0.1) is 0 Å². The monoisotopic (exact) mass is 323 g/mol. The lowest BCUT2D eigenvalue weighted by atomic mass is 10.2. The molecule has 0 saturated heterocycles. The third-order valence-corrected chi connectivity index (χ3v) is 3.53. The summed E-state index contributed by atoms with van der Waals surface area (Å²) in [6.45, 7) is 1.43. The molecule has 3 N–H and O–H groups in total. The van der Waals surface area contributed by atoms with E-state index in [0.717, 1.165) is 10.9 Å². The Morgan fingerprint density at radius 1 is 1.00 bits per heavy atom. The fraction of sp³-hybridized carbons (Fsp3) is 0.111. The minimum absolute atomic E-state index is 0.166. The first kappa shape index (κ1) is 15.6. The van der Waals surface area contributed by atoms with Gasteiger partial charge in [0.05, 0.1) is 7.11 Å². The third-order valence-electron chi connectivity index (χ3n) is 3.53. The van der Waals surface area contributed by atoms with Crippen LogP contribution in [0.4, 0.5) is 11.4 Å². The van der Waals surface area contributed by atoms with Crippen LogP contribution >= 0.6 is 0 Å². The topological polar surface area (TPSA) is 83.2 Å². The molecule has 6 heteroatoms. The molecule has 0 bridgehead atoms. The number of benzene rings is 2. The number of ether oxygens (including phenoxy) is 1. The Morgan fingerprint density at radius 2 is 1.71 bits per heavy atom. The number of anilines is 2. The van der Waals surface area contributed by atoms with Gasteiger partial charge < -0.3 is 20.4 Å². The highest BCUT2D eigenvalue weighted by molar-refractivity contribution is 6.07. The second-order valence-corrected chi connectivity index (χ2v) is 5.32. The van der Waals surface area contributed by atoms with Crippen molar-refractivity contribution in [2.75, 3.05) is 17.7 Å². The molecule has 0 aliphatic rings. The maximum absolute atomic E-state index is 12.4. The normalized spacial score (nSPS) is 10.4. The summed E-state index contributed by atoms with van der Waals surface area (Å²) in [4.78, 5) is 26.6. The van der Waals surface area contributed by atoms with E-state index in [9.17, 15) is 9.59 Å². The van der Waals surface area contributed by atoms with E-state index in [1.165, 1.54) is 6.92 Å². The fourth-order valence-corrected chi connectivity index (χ4v) is 2.50. The largest absolute Gasteiger partial charge is 0.496 e. The zero-order valence-electron chi connectivity index (χ0n) is 13.3. The maximum atomic E-state index is 12.4. The number of methoxy groups -OCH3 is 1. The summed E-state index contributed by atoms with van der Waals surface area (Å²) in [7, 11) is 1.59. The molecule has 2 amide bonds. The van der Waals surface area contributed by atoms with Gasteiger partial charge in [0.1, 0.15) is 11.4 Å². The van der Waals surface area contributed by atoms with E-state index < -0.39 is 0 Å². The standard InChI is InChI=1S/C18H17N3O3/c1-11(22)19-12-5-3-6-13(9-12)20-18(23)16-10-14-15(21-16)7-4-8-17(14)24-2/h3-10,21H,1-2H3,(H,19,22)(H,20,23). The molecule has 6 nitrogen and oxygen atoms in total. The highest BCUT2D eigenvalue weighted by atomic mass is 16.5. The summed E-state index contributed by atoms with van der Waals surface area (Å²) in [6.07, 6.45) is 0. The van der Waals surface area contributed by atoms with Gasteiger partial charge in [-0.2, -0.15) is 0 Å². The van der Waals surface area contributed by atoms with Gasteiger partial charge in [0.2, 0.25) is 5.91 Å². The fourth-order valence-electron chi connectivity index (χ4n) is 2.50. The quantitative estimate of drug-likeness (QED) is 0.688. The summed E-state index contributed by atoms with van der Waals surface area (Å²) < 4.78 is 5.30. The number of amides is 2. The molecule has 24 heavy (non-hydrogen) atoms. The summed E-state index contributed by atoms with van der Waals surface area (Å²) >= 11 is 0. The van der Waals surface area contributed by atoms with Crippen LogP contribution in [0.5, 0.6) is 5.75 Å². The first-order valence-corrected chi connectivity index (χ1v) is 7.41. The summed E-state index contributed by atoms with van der Waals surface area (Å²) in [5.41, 5.74) is 2.47. The number of carbonyl (C=O) groups excluding carboxylic acids is 2. The maximum Gasteiger partial charge on any atom is 0.272 e. The van der Waals surface area contributed by atoms with Crippen LogP contribution in [0.15, 0.2) is 48.5 Å². The lowest BCUT2D eigenvalue weighted by Crippen LogP contribution is -2.12. The van der Waals surface area contributed by atoms with Crippen molar-refractivity contribution < 1.29 is 14.3 Å². The Hall–Kier alpha value is -3.28. The van der Waals surface area contributed by atoms with Crippen molar-refractivity contribution in [1.82, 2.24) is 4.98 Å². The molecule has 0 atom stereocenters. The molecule has 1 aromatic heterocycles. The van der Waals surface area contributed by atoms with Gasteiger partial charge in [-0.1, -0.05) is 12.1 Å². The minimum atomic E-state index is -0.270. The lowest BCUT2D eigenvalue weighted by molar-refractivity contribution is -0.114. The highest BCUT2D eigenvalue weighted by Gasteiger charge is 2.12. The van der Waals surface area contributed by atoms with Crippen molar-refractivity contribution in [3.05, 3.63) is 54.2 Å². The number of aromatic amines is 1. The lowest BCUT2D eigenvalue weighted by Gasteiger charge is -2.07. The molecular formula is C18H17N3O3. The van der Waals surface area contributed by atoms with Crippen LogP contribution in [0.1, 0.15) is 17.4 Å². The van der Waals surface area contributed by atoms with Gasteiger partial charge in [0.25, 0.3) is 5.91 Å². The van der Waals surface area contributed by atoms with Crippen LogP contribution in [0.3, 0.4) is 0 Å². The van der Waals surface area contributed by atoms with E-state index in [1.54, 1.807) is 37.4 Å². The van der Waals surface area contributed by atoms with E-state index in [4.69, 9.17) is 4.74 Å². The zero-order valence-corrected chi connectivity index (χ0v) is 13.3. The molecule has 0 aliphatic carbocycles. The molecule has 2 aromatic carbocycles. The number of hydrogen-bond donors (Lipinski definition) is 3. The Bertz CT molecular complexity index is 915. The Balaban J connectivity index is 1.84. The van der Waals surface area contributed by atoms with Crippen LogP contribution in [0.25, 0.3) is 10.9 Å². The van der Waals surface area contributed by atoms with Crippen molar-refractivity contribution >= 4 is 34.1 Å². The van der Waals surface area contributed by atoms with E-state index in [1.807, 2.05) is 18.2 Å². The highest BCUT2D eigenvalue weighted by Crippen LogP contribution is 2.26. The summed E-state index contributed by atoms with van der Waals surface area (Å²) in [6, 6.07) is 14.3. The van der Waals surface area contributed by atoms with Gasteiger partial charge >= 0.3 is 0 Å². The molecule has 0 aliphatic heterocycles. The predicted molar refractivity (Wildman–Crippen MR) is 93.5 cm³/mol. The second-order valence-electron chi connectivity index (χ2n) is 5.32. The SMILES string of the molecule is COc1cccc2[nH]c(C(=O)Nc3cccc(NC(C)=O)c3)cc12. The van der Waals surface area contributed by atoms with Crippen molar-refractivity contribution in [3.63, 3.8) is 0 Å². The average Bonchev–Trinajstić information content (AvgIpc) is 2.98. The van der Waals surface area contributed by atoms with Crippen LogP contribution in [-0.4, -0.2) is 23.9 Å². The van der Waals surface area contributed by atoms with Crippen molar-refractivity contribution in [2.45, 2.75) is 6.92 Å². The van der Waals surface area contributed by atoms with Crippen LogP contribution < -0.4 is 15.4 Å². The van der Waals surface area contributed by atoms with E-state index in [-0.39, 0.29) is 11.8 Å². The molecule has 0 saturated carbocycles. The number of nitrogens with one attached hydrogen (secondary N) is 3. The molecule has 1 heterocycles. The van der Waals surface area contributed by atoms with E-state index >= 15 is 0 Å². The Labute approximate surface area is 138 Å². The molecule has 122 valence electrons. The van der Waals surface area contributed by atoms with Crippen LogP contribution in [0, 0.1) is 0 Å². The van der Waals surface area contributed by atoms with Crippen LogP contribution in [-0.2, 0) is 4.79 Å². The van der Waals surface area contributed by atoms with Gasteiger partial charge in [0.15, 0.2) is 0 Å². The number of fused-ring (bicyclic) bond motifs is 1. The first-order valence-electron chi connectivity index (χ1n) is 7.41. The minimum Gasteiger partial charge on any atom is -0.496 e. The second kappa shape index (κ2) is 6.45. The molecule has 0 fully saturated rings. The predicted octanol–water partition coefficient (Wildman–Crippen LogP) is 3.39. The van der Waals surface area contributed by atoms with Crippen molar-refractivity contribution in [2.24, 2.45) is 0 Å². The van der Waals surface area contributed by atoms with Gasteiger partial charge in [0, 0.05) is 29.2 Å². The first-order chi connectivity index (χ1) is 11.6. The number of carbonyl (C=O) groups is 2. The average molecular weight is 323 g/mol. The van der Waals surface area contributed by atoms with Crippen LogP contribution in [0.2, 0.25) is 0 Å². The Morgan fingerprint density at radius 3 is 2.42 bits per heavy atom. The third kappa shape index (κ3) is 3.22. The van der Waals surface area contributed by atoms with Crippen molar-refractivity contribution in [1.29, 1.82) is 0 Å². The zero-order chi connectivity index (χ0) is 17.1. The molecule has 0 unspecified atom stereocenters. The molecule has 3 rings (SSSR count). The van der Waals surface area contributed by atoms with Crippen molar-refractivity contribution in [3.8, 4) is 5.75 Å². The van der Waals surface area contributed by atoms with E-state index in [0.29, 0.717) is 22.8 Å². The number of hydrogen-bond acceptors (Lipinski definition) is 3. The molecular weight excluding hydrogens is 306 g/mol. The Kier molecular flexibility index (Phi) is 4.20. The molecule has 3 aromatic rings. The smallest absolute Gasteiger partial charge is 0.272 e. The summed E-state index contributed by atoms with van der Waals surface area (Å²) in [5.74, 6) is 0.268. The number of aromatic nitrogens is 1. The van der Waals surface area contributed by atoms with Gasteiger partial charge in [-0.3, -0.25) is 9.59 Å².